The first-order chi connectivity index (χ1) is 13.8. The molecule has 2 aromatic carbocycles. The lowest BCUT2D eigenvalue weighted by Gasteiger charge is -2.15. The third kappa shape index (κ3) is 4.58. The molecule has 7 nitrogen and oxygen atoms in total. The van der Waals surface area contributed by atoms with Gasteiger partial charge in [-0.15, -0.1) is 0 Å². The minimum Gasteiger partial charge on any atom is -0.451 e. The molecule has 0 aliphatic heterocycles. The maximum Gasteiger partial charge on any atom is 0.359 e. The fraction of sp³-hybridized carbons (Fsp3) is 0.200. The Bertz CT molecular complexity index is 1160. The Balaban J connectivity index is 1.68. The van der Waals surface area contributed by atoms with Gasteiger partial charge in [-0.3, -0.25) is 9.59 Å². The Hall–Kier alpha value is -2.90. The number of nitrogens with zero attached hydrogens (tertiary/aromatic N) is 2. The summed E-state index contributed by atoms with van der Waals surface area (Å²) in [6.45, 7) is 1.27. The van der Waals surface area contributed by atoms with Crippen LogP contribution >= 0.6 is 23.2 Å². The molecular weight excluding hydrogens is 417 g/mol. The third-order valence-corrected chi connectivity index (χ3v) is 5.04. The largest absolute Gasteiger partial charge is 0.451 e. The van der Waals surface area contributed by atoms with Gasteiger partial charge in [-0.05, 0) is 30.7 Å². The molecular formula is C20H17Cl2N3O4. The summed E-state index contributed by atoms with van der Waals surface area (Å²) in [6, 6.07) is 11.2. The van der Waals surface area contributed by atoms with Crippen LogP contribution in [0, 0.1) is 0 Å². The molecule has 9 heteroatoms. The van der Waals surface area contributed by atoms with E-state index in [4.69, 9.17) is 27.9 Å². The highest BCUT2D eigenvalue weighted by atomic mass is 35.5. The summed E-state index contributed by atoms with van der Waals surface area (Å²) < 4.78 is 6.16. The van der Waals surface area contributed by atoms with Gasteiger partial charge in [0.2, 0.25) is 0 Å². The molecule has 0 spiro atoms. The fourth-order valence-corrected chi connectivity index (χ4v) is 3.10. The zero-order valence-electron chi connectivity index (χ0n) is 15.6. The van der Waals surface area contributed by atoms with Crippen molar-refractivity contribution < 1.29 is 14.3 Å². The number of carbonyl (C=O) groups excluding carboxylic acids is 2. The number of hydrogen-bond donors (Lipinski definition) is 1. The number of fused-ring (bicyclic) bond motifs is 1. The average Bonchev–Trinajstić information content (AvgIpc) is 2.70. The van der Waals surface area contributed by atoms with E-state index >= 15 is 0 Å². The highest BCUT2D eigenvalue weighted by molar-refractivity contribution is 6.42. The van der Waals surface area contributed by atoms with E-state index in [1.54, 1.807) is 49.4 Å². The topological polar surface area (TPSA) is 90.3 Å². The predicted octanol–water partition coefficient (Wildman–Crippen LogP) is 3.27. The molecule has 1 aromatic heterocycles. The normalized spacial score (nSPS) is 11.9. The van der Waals surface area contributed by atoms with Gasteiger partial charge in [-0.25, -0.2) is 9.48 Å². The van der Waals surface area contributed by atoms with Gasteiger partial charge >= 0.3 is 5.97 Å². The molecule has 0 bridgehead atoms. The standard InChI is InChI=1S/C20H17Cl2N3O4/c1-11(12-7-8-15(21)16(22)9-12)23-17(26)10-29-20(28)18-13-5-3-4-6-14(13)19(27)25(2)24-18/h3-9,11H,10H2,1-2H3,(H,23,26). The lowest BCUT2D eigenvalue weighted by Crippen LogP contribution is -2.31. The lowest BCUT2D eigenvalue weighted by molar-refractivity contribution is -0.124. The van der Waals surface area contributed by atoms with E-state index in [-0.39, 0.29) is 17.3 Å². The second-order valence-corrected chi connectivity index (χ2v) is 7.18. The first kappa shape index (κ1) is 20.8. The molecule has 3 rings (SSSR count). The van der Waals surface area contributed by atoms with E-state index in [0.717, 1.165) is 10.2 Å². The Morgan fingerprint density at radius 2 is 1.83 bits per heavy atom. The van der Waals surface area contributed by atoms with Crippen LogP contribution in [0.2, 0.25) is 10.0 Å². The first-order valence-corrected chi connectivity index (χ1v) is 9.41. The average molecular weight is 434 g/mol. The number of amides is 1. The Labute approximate surface area is 176 Å². The highest BCUT2D eigenvalue weighted by Gasteiger charge is 2.19. The van der Waals surface area contributed by atoms with Gasteiger partial charge in [-0.1, -0.05) is 47.5 Å². The summed E-state index contributed by atoms with van der Waals surface area (Å²) in [4.78, 5) is 36.8. The maximum absolute atomic E-state index is 12.5. The molecule has 1 atom stereocenters. The number of esters is 1. The quantitative estimate of drug-likeness (QED) is 0.623. The molecule has 0 saturated carbocycles. The van der Waals surface area contributed by atoms with Crippen molar-refractivity contribution in [2.45, 2.75) is 13.0 Å². The minimum atomic E-state index is -0.797. The monoisotopic (exact) mass is 433 g/mol. The first-order valence-electron chi connectivity index (χ1n) is 8.65. The number of ether oxygens (including phenoxy) is 1. The van der Waals surface area contributed by atoms with Gasteiger partial charge in [0.25, 0.3) is 11.5 Å². The number of carbonyl (C=O) groups is 2. The Kier molecular flexibility index (Phi) is 6.20. The molecule has 1 amide bonds. The van der Waals surface area contributed by atoms with Crippen LogP contribution in [0.5, 0.6) is 0 Å². The molecule has 0 aliphatic rings. The fourth-order valence-electron chi connectivity index (χ4n) is 2.80. The summed E-state index contributed by atoms with van der Waals surface area (Å²) in [5.41, 5.74) is 0.392. The Morgan fingerprint density at radius 1 is 1.14 bits per heavy atom. The molecule has 1 N–H and O–H groups in total. The van der Waals surface area contributed by atoms with Crippen LogP contribution in [-0.4, -0.2) is 28.3 Å². The zero-order valence-corrected chi connectivity index (χ0v) is 17.1. The molecule has 0 aliphatic carbocycles. The highest BCUT2D eigenvalue weighted by Crippen LogP contribution is 2.25. The van der Waals surface area contributed by atoms with Crippen molar-refractivity contribution in [2.24, 2.45) is 7.05 Å². The van der Waals surface area contributed by atoms with Crippen molar-refractivity contribution in [1.29, 1.82) is 0 Å². The number of benzene rings is 2. The van der Waals surface area contributed by atoms with E-state index in [1.807, 2.05) is 0 Å². The van der Waals surface area contributed by atoms with Crippen molar-refractivity contribution in [3.8, 4) is 0 Å². The molecule has 3 aromatic rings. The summed E-state index contributed by atoms with van der Waals surface area (Å²) >= 11 is 11.9. The van der Waals surface area contributed by atoms with Gasteiger partial charge in [0.05, 0.1) is 21.5 Å². The number of halogens is 2. The minimum absolute atomic E-state index is 0.0342. The van der Waals surface area contributed by atoms with Crippen LogP contribution in [0.3, 0.4) is 0 Å². The van der Waals surface area contributed by atoms with E-state index in [0.29, 0.717) is 20.8 Å². The molecule has 0 saturated heterocycles. The maximum atomic E-state index is 12.5. The Morgan fingerprint density at radius 3 is 2.52 bits per heavy atom. The summed E-state index contributed by atoms with van der Waals surface area (Å²) in [5, 5.41) is 8.19. The van der Waals surface area contributed by atoms with Crippen LogP contribution in [0.1, 0.15) is 29.0 Å². The SMILES string of the molecule is CC(NC(=O)COC(=O)c1nn(C)c(=O)c2ccccc12)c1ccc(Cl)c(Cl)c1. The number of aryl methyl sites for hydroxylation is 1. The lowest BCUT2D eigenvalue weighted by atomic mass is 10.1. The molecule has 0 fully saturated rings. The number of hydrogen-bond acceptors (Lipinski definition) is 5. The van der Waals surface area contributed by atoms with Gasteiger partial charge in [0.15, 0.2) is 12.3 Å². The van der Waals surface area contributed by atoms with Gasteiger partial charge in [-0.2, -0.15) is 5.10 Å². The molecule has 150 valence electrons. The zero-order chi connectivity index (χ0) is 21.1. The van der Waals surface area contributed by atoms with Crippen molar-refractivity contribution in [2.75, 3.05) is 6.61 Å². The van der Waals surface area contributed by atoms with Crippen molar-refractivity contribution in [1.82, 2.24) is 15.1 Å². The summed E-state index contributed by atoms with van der Waals surface area (Å²) in [7, 11) is 1.44. The predicted molar refractivity (Wildman–Crippen MR) is 110 cm³/mol. The number of rotatable bonds is 5. The molecule has 29 heavy (non-hydrogen) atoms. The van der Waals surface area contributed by atoms with Gasteiger partial charge in [0.1, 0.15) is 0 Å². The molecule has 1 unspecified atom stereocenters. The molecule has 1 heterocycles. The van der Waals surface area contributed by atoms with Crippen molar-refractivity contribution >= 4 is 45.9 Å². The summed E-state index contributed by atoms with van der Waals surface area (Å²) in [5.74, 6) is -1.29. The van der Waals surface area contributed by atoms with Crippen LogP contribution < -0.4 is 10.9 Å². The smallest absolute Gasteiger partial charge is 0.359 e. The second kappa shape index (κ2) is 8.63. The van der Waals surface area contributed by atoms with Crippen LogP contribution in [0.15, 0.2) is 47.3 Å². The van der Waals surface area contributed by atoms with E-state index in [9.17, 15) is 14.4 Å². The van der Waals surface area contributed by atoms with Crippen LogP contribution in [0.4, 0.5) is 0 Å². The van der Waals surface area contributed by atoms with Crippen LogP contribution in [-0.2, 0) is 16.6 Å². The second-order valence-electron chi connectivity index (χ2n) is 6.36. The van der Waals surface area contributed by atoms with Crippen molar-refractivity contribution in [3.63, 3.8) is 0 Å². The van der Waals surface area contributed by atoms with E-state index < -0.39 is 18.5 Å². The van der Waals surface area contributed by atoms with Crippen molar-refractivity contribution in [3.05, 3.63) is 74.1 Å². The number of nitrogens with one attached hydrogen (secondary N) is 1. The van der Waals surface area contributed by atoms with Crippen LogP contribution in [0.25, 0.3) is 10.8 Å². The van der Waals surface area contributed by atoms with Gasteiger partial charge < -0.3 is 10.1 Å². The summed E-state index contributed by atoms with van der Waals surface area (Å²) in [6.07, 6.45) is 0. The third-order valence-electron chi connectivity index (χ3n) is 4.31. The van der Waals surface area contributed by atoms with E-state index in [1.165, 1.54) is 7.05 Å². The van der Waals surface area contributed by atoms with E-state index in [2.05, 4.69) is 10.4 Å². The molecule has 0 radical (unpaired) electrons. The number of aromatic nitrogens is 2. The van der Waals surface area contributed by atoms with Gasteiger partial charge in [0, 0.05) is 12.4 Å².